The van der Waals surface area contributed by atoms with Crippen molar-refractivity contribution in [3.8, 4) is 0 Å². The fourth-order valence-corrected chi connectivity index (χ4v) is 4.90. The molecule has 1 unspecified atom stereocenters. The molecule has 0 saturated heterocycles. The van der Waals surface area contributed by atoms with Gasteiger partial charge in [0.05, 0.1) is 11.5 Å². The van der Waals surface area contributed by atoms with Gasteiger partial charge in [0.1, 0.15) is 11.5 Å². The van der Waals surface area contributed by atoms with E-state index >= 15 is 0 Å². The highest BCUT2D eigenvalue weighted by Crippen LogP contribution is 2.29. The van der Waals surface area contributed by atoms with Gasteiger partial charge in [0, 0.05) is 27.9 Å². The third-order valence-electron chi connectivity index (χ3n) is 6.25. The minimum absolute atomic E-state index is 0.0289. The SMILES string of the molecule is CCC(Sc1cccc(NC(=O)/C(=C/c2ccco2)NC(=O)c2ccccc2)c1)C(=O)Nc1cccc(C)c1C. The van der Waals surface area contributed by atoms with Gasteiger partial charge in [0.25, 0.3) is 11.8 Å². The van der Waals surface area contributed by atoms with Crippen molar-refractivity contribution < 1.29 is 18.8 Å². The van der Waals surface area contributed by atoms with Crippen LogP contribution in [-0.2, 0) is 9.59 Å². The molecule has 0 saturated carbocycles. The van der Waals surface area contributed by atoms with Crippen molar-refractivity contribution in [2.45, 2.75) is 37.3 Å². The summed E-state index contributed by atoms with van der Waals surface area (Å²) in [5.74, 6) is -0.590. The van der Waals surface area contributed by atoms with Crippen LogP contribution in [0.15, 0.2) is 106 Å². The van der Waals surface area contributed by atoms with E-state index in [2.05, 4.69) is 16.0 Å². The normalized spacial score (nSPS) is 11.9. The number of benzene rings is 3. The number of thioether (sulfide) groups is 1. The average Bonchev–Trinajstić information content (AvgIpc) is 3.47. The molecule has 0 fully saturated rings. The minimum Gasteiger partial charge on any atom is -0.465 e. The molecule has 3 N–H and O–H groups in total. The predicted octanol–water partition coefficient (Wildman–Crippen LogP) is 6.82. The molecule has 7 nitrogen and oxygen atoms in total. The van der Waals surface area contributed by atoms with Crippen molar-refractivity contribution in [3.05, 3.63) is 119 Å². The van der Waals surface area contributed by atoms with Crippen LogP contribution in [0.25, 0.3) is 6.08 Å². The van der Waals surface area contributed by atoms with Gasteiger partial charge in [-0.2, -0.15) is 0 Å². The Kier molecular flexibility index (Phi) is 9.59. The fourth-order valence-electron chi connectivity index (χ4n) is 3.89. The molecule has 8 heteroatoms. The maximum Gasteiger partial charge on any atom is 0.272 e. The first-order valence-corrected chi connectivity index (χ1v) is 13.8. The van der Waals surface area contributed by atoms with Crippen LogP contribution in [-0.4, -0.2) is 23.0 Å². The van der Waals surface area contributed by atoms with E-state index in [0.29, 0.717) is 23.4 Å². The molecule has 0 spiro atoms. The fraction of sp³-hybridized carbons (Fsp3) is 0.156. The second-order valence-corrected chi connectivity index (χ2v) is 10.4. The number of anilines is 2. The van der Waals surface area contributed by atoms with E-state index in [1.54, 1.807) is 48.5 Å². The third-order valence-corrected chi connectivity index (χ3v) is 7.61. The lowest BCUT2D eigenvalue weighted by molar-refractivity contribution is -0.116. The first-order valence-electron chi connectivity index (χ1n) is 12.9. The Morgan fingerprint density at radius 2 is 1.68 bits per heavy atom. The van der Waals surface area contributed by atoms with Gasteiger partial charge in [-0.3, -0.25) is 14.4 Å². The van der Waals surface area contributed by atoms with Gasteiger partial charge in [0.2, 0.25) is 5.91 Å². The summed E-state index contributed by atoms with van der Waals surface area (Å²) in [5, 5.41) is 8.26. The molecular weight excluding hydrogens is 522 g/mol. The summed E-state index contributed by atoms with van der Waals surface area (Å²) in [7, 11) is 0. The summed E-state index contributed by atoms with van der Waals surface area (Å²) < 4.78 is 5.36. The van der Waals surface area contributed by atoms with Crippen molar-refractivity contribution in [2.24, 2.45) is 0 Å². The number of rotatable bonds is 10. The van der Waals surface area contributed by atoms with Gasteiger partial charge in [-0.05, 0) is 79.9 Å². The zero-order chi connectivity index (χ0) is 28.5. The van der Waals surface area contributed by atoms with Crippen LogP contribution in [0.2, 0.25) is 0 Å². The molecule has 1 atom stereocenters. The lowest BCUT2D eigenvalue weighted by Gasteiger charge is -2.17. The van der Waals surface area contributed by atoms with Crippen LogP contribution in [0.5, 0.6) is 0 Å². The van der Waals surface area contributed by atoms with Gasteiger partial charge in [0.15, 0.2) is 0 Å². The number of nitrogens with one attached hydrogen (secondary N) is 3. The van der Waals surface area contributed by atoms with Crippen LogP contribution in [0, 0.1) is 13.8 Å². The molecule has 3 amide bonds. The molecule has 3 aromatic carbocycles. The monoisotopic (exact) mass is 553 g/mol. The van der Waals surface area contributed by atoms with Crippen LogP contribution >= 0.6 is 11.8 Å². The molecule has 1 aromatic heterocycles. The molecule has 40 heavy (non-hydrogen) atoms. The van der Waals surface area contributed by atoms with Gasteiger partial charge in [-0.25, -0.2) is 0 Å². The first kappa shape index (κ1) is 28.4. The first-order chi connectivity index (χ1) is 19.3. The van der Waals surface area contributed by atoms with E-state index < -0.39 is 11.8 Å². The standard InChI is InChI=1S/C32H31N3O4S/c1-4-29(32(38)34-27-17-8-11-21(2)22(27)3)40-26-16-9-14-24(19-26)33-31(37)28(20-25-15-10-18-39-25)35-30(36)23-12-6-5-7-13-23/h5-20,29H,4H2,1-3H3,(H,33,37)(H,34,38)(H,35,36)/b28-20-. The number of carbonyl (C=O) groups excluding carboxylic acids is 3. The molecular formula is C32H31N3O4S. The third kappa shape index (κ3) is 7.51. The largest absolute Gasteiger partial charge is 0.465 e. The Morgan fingerprint density at radius 1 is 0.900 bits per heavy atom. The van der Waals surface area contributed by atoms with E-state index in [0.717, 1.165) is 21.7 Å². The number of amides is 3. The van der Waals surface area contributed by atoms with Crippen LogP contribution in [0.1, 0.15) is 40.6 Å². The average molecular weight is 554 g/mol. The van der Waals surface area contributed by atoms with Crippen LogP contribution in [0.3, 0.4) is 0 Å². The van der Waals surface area contributed by atoms with Crippen molar-refractivity contribution in [3.63, 3.8) is 0 Å². The van der Waals surface area contributed by atoms with Crippen molar-refractivity contribution >= 4 is 46.9 Å². The quantitative estimate of drug-likeness (QED) is 0.148. The summed E-state index contributed by atoms with van der Waals surface area (Å²) in [6.45, 7) is 5.97. The molecule has 0 bridgehead atoms. The summed E-state index contributed by atoms with van der Waals surface area (Å²) in [5.41, 5.74) is 3.93. The smallest absolute Gasteiger partial charge is 0.272 e. The Labute approximate surface area is 238 Å². The highest BCUT2D eigenvalue weighted by atomic mass is 32.2. The number of aryl methyl sites for hydroxylation is 1. The molecule has 0 radical (unpaired) electrons. The number of furan rings is 1. The molecule has 0 aliphatic carbocycles. The predicted molar refractivity (Wildman–Crippen MR) is 160 cm³/mol. The van der Waals surface area contributed by atoms with Crippen LogP contribution in [0.4, 0.5) is 11.4 Å². The molecule has 204 valence electrons. The molecule has 4 aromatic rings. The van der Waals surface area contributed by atoms with Crippen LogP contribution < -0.4 is 16.0 Å². The summed E-state index contributed by atoms with van der Waals surface area (Å²) in [4.78, 5) is 39.9. The topological polar surface area (TPSA) is 100 Å². The van der Waals surface area contributed by atoms with Crippen molar-refractivity contribution in [1.29, 1.82) is 0 Å². The summed E-state index contributed by atoms with van der Waals surface area (Å²) in [6, 6.07) is 25.1. The Balaban J connectivity index is 1.47. The lowest BCUT2D eigenvalue weighted by atomic mass is 10.1. The Bertz CT molecular complexity index is 1510. The Hall–Kier alpha value is -4.56. The Morgan fingerprint density at radius 3 is 2.40 bits per heavy atom. The van der Waals surface area contributed by atoms with E-state index in [9.17, 15) is 14.4 Å². The van der Waals surface area contributed by atoms with E-state index in [4.69, 9.17) is 4.42 Å². The van der Waals surface area contributed by atoms with Gasteiger partial charge in [-0.15, -0.1) is 11.8 Å². The molecule has 0 aliphatic rings. The van der Waals surface area contributed by atoms with Gasteiger partial charge < -0.3 is 20.4 Å². The van der Waals surface area contributed by atoms with E-state index in [1.165, 1.54) is 24.1 Å². The number of hydrogen-bond donors (Lipinski definition) is 3. The lowest BCUT2D eigenvalue weighted by Crippen LogP contribution is -2.30. The van der Waals surface area contributed by atoms with E-state index in [-0.39, 0.29) is 16.9 Å². The summed E-state index contributed by atoms with van der Waals surface area (Å²) in [6.07, 6.45) is 3.58. The maximum atomic E-state index is 13.3. The number of hydrogen-bond acceptors (Lipinski definition) is 5. The molecule has 1 heterocycles. The van der Waals surface area contributed by atoms with Crippen molar-refractivity contribution in [1.82, 2.24) is 5.32 Å². The van der Waals surface area contributed by atoms with E-state index in [1.807, 2.05) is 57.2 Å². The second-order valence-electron chi connectivity index (χ2n) is 9.13. The second kappa shape index (κ2) is 13.5. The highest BCUT2D eigenvalue weighted by molar-refractivity contribution is 8.00. The van der Waals surface area contributed by atoms with Crippen molar-refractivity contribution in [2.75, 3.05) is 10.6 Å². The van der Waals surface area contributed by atoms with Gasteiger partial charge in [-0.1, -0.05) is 43.3 Å². The molecule has 4 rings (SSSR count). The zero-order valence-electron chi connectivity index (χ0n) is 22.6. The highest BCUT2D eigenvalue weighted by Gasteiger charge is 2.20. The zero-order valence-corrected chi connectivity index (χ0v) is 23.4. The minimum atomic E-state index is -0.512. The molecule has 0 aliphatic heterocycles. The maximum absolute atomic E-state index is 13.3. The van der Waals surface area contributed by atoms with Gasteiger partial charge >= 0.3 is 0 Å². The number of carbonyl (C=O) groups is 3. The summed E-state index contributed by atoms with van der Waals surface area (Å²) >= 11 is 1.42.